The summed E-state index contributed by atoms with van der Waals surface area (Å²) in [6.45, 7) is 0.860. The summed E-state index contributed by atoms with van der Waals surface area (Å²) in [6, 6.07) is 10.0. The minimum atomic E-state index is -0.338. The molecule has 1 aromatic carbocycles. The van der Waals surface area contributed by atoms with E-state index in [0.29, 0.717) is 13.2 Å². The van der Waals surface area contributed by atoms with Gasteiger partial charge in [-0.25, -0.2) is 4.79 Å². The molecule has 0 bridgehead atoms. The van der Waals surface area contributed by atoms with Crippen LogP contribution in [0.2, 0.25) is 0 Å². The van der Waals surface area contributed by atoms with Crippen LogP contribution in [0.15, 0.2) is 42.7 Å². The normalized spacial score (nSPS) is 10.2. The molecule has 0 spiro atoms. The maximum absolute atomic E-state index is 11.2. The number of carbonyl (C=O) groups is 1. The van der Waals surface area contributed by atoms with Gasteiger partial charge in [0.05, 0.1) is 12.7 Å². The van der Waals surface area contributed by atoms with Crippen molar-refractivity contribution in [2.75, 3.05) is 20.7 Å². The van der Waals surface area contributed by atoms with Crippen molar-refractivity contribution in [2.24, 2.45) is 0 Å². The van der Waals surface area contributed by atoms with Crippen molar-refractivity contribution in [3.05, 3.63) is 42.7 Å². The lowest BCUT2D eigenvalue weighted by Gasteiger charge is -2.10. The lowest BCUT2D eigenvalue weighted by Crippen LogP contribution is -2.24. The van der Waals surface area contributed by atoms with Crippen molar-refractivity contribution in [2.45, 2.75) is 6.54 Å². The van der Waals surface area contributed by atoms with Crippen LogP contribution in [0.25, 0.3) is 11.1 Å². The van der Waals surface area contributed by atoms with Crippen molar-refractivity contribution in [1.82, 2.24) is 14.7 Å². The molecule has 5 heteroatoms. The van der Waals surface area contributed by atoms with E-state index >= 15 is 0 Å². The molecule has 0 saturated carbocycles. The van der Waals surface area contributed by atoms with Crippen molar-refractivity contribution in [3.63, 3.8) is 0 Å². The number of carbonyl (C=O) groups excluding carboxylic acids is 1. The summed E-state index contributed by atoms with van der Waals surface area (Å²) >= 11 is 0. The van der Waals surface area contributed by atoms with Crippen molar-refractivity contribution in [1.29, 1.82) is 0 Å². The second-order valence-corrected chi connectivity index (χ2v) is 4.37. The Kier molecular flexibility index (Phi) is 4.18. The monoisotopic (exact) mass is 259 g/mol. The van der Waals surface area contributed by atoms with Crippen LogP contribution in [0.4, 0.5) is 4.79 Å². The van der Waals surface area contributed by atoms with Crippen LogP contribution in [0.3, 0.4) is 0 Å². The first-order valence-electron chi connectivity index (χ1n) is 6.09. The van der Waals surface area contributed by atoms with E-state index in [9.17, 15) is 4.79 Å². The molecule has 2 rings (SSSR count). The molecule has 0 radical (unpaired) electrons. The molecule has 19 heavy (non-hydrogen) atoms. The summed E-state index contributed by atoms with van der Waals surface area (Å²) in [5.41, 5.74) is 2.18. The Hall–Kier alpha value is -2.30. The van der Waals surface area contributed by atoms with Crippen LogP contribution in [0, 0.1) is 0 Å². The molecule has 5 nitrogen and oxygen atoms in total. The summed E-state index contributed by atoms with van der Waals surface area (Å²) in [5.74, 6) is 0. The highest BCUT2D eigenvalue weighted by atomic mass is 16.6. The zero-order valence-electron chi connectivity index (χ0n) is 11.1. The Balaban J connectivity index is 1.90. The first kappa shape index (κ1) is 13.1. The van der Waals surface area contributed by atoms with Crippen molar-refractivity contribution in [3.8, 4) is 11.1 Å². The lowest BCUT2D eigenvalue weighted by molar-refractivity contribution is 0.114. The highest BCUT2D eigenvalue weighted by molar-refractivity contribution is 5.66. The highest BCUT2D eigenvalue weighted by Gasteiger charge is 2.05. The molecular weight excluding hydrogens is 242 g/mol. The van der Waals surface area contributed by atoms with Crippen molar-refractivity contribution >= 4 is 6.09 Å². The van der Waals surface area contributed by atoms with Gasteiger partial charge in [0, 0.05) is 25.9 Å². The van der Waals surface area contributed by atoms with Gasteiger partial charge in [-0.2, -0.15) is 5.10 Å². The highest BCUT2D eigenvalue weighted by Crippen LogP contribution is 2.17. The number of aromatic nitrogens is 2. The summed E-state index contributed by atoms with van der Waals surface area (Å²) in [7, 11) is 3.31. The molecule has 2 aromatic rings. The van der Waals surface area contributed by atoms with Gasteiger partial charge in [-0.15, -0.1) is 0 Å². The number of benzene rings is 1. The van der Waals surface area contributed by atoms with Gasteiger partial charge in [0.1, 0.15) is 6.61 Å². The van der Waals surface area contributed by atoms with Gasteiger partial charge < -0.3 is 9.64 Å². The molecule has 0 aliphatic heterocycles. The lowest BCUT2D eigenvalue weighted by atomic mass is 10.1. The average Bonchev–Trinajstić information content (AvgIpc) is 2.88. The third-order valence-electron chi connectivity index (χ3n) is 2.65. The molecule has 1 aromatic heterocycles. The van der Waals surface area contributed by atoms with Crippen LogP contribution in [0.1, 0.15) is 0 Å². The molecule has 0 atom stereocenters. The van der Waals surface area contributed by atoms with E-state index in [2.05, 4.69) is 5.10 Å². The van der Waals surface area contributed by atoms with E-state index in [1.165, 1.54) is 4.90 Å². The Morgan fingerprint density at radius 2 is 2.00 bits per heavy atom. The van der Waals surface area contributed by atoms with Crippen LogP contribution in [0.5, 0.6) is 0 Å². The summed E-state index contributed by atoms with van der Waals surface area (Å²) in [6.07, 6.45) is 3.41. The van der Waals surface area contributed by atoms with Crippen LogP contribution < -0.4 is 0 Å². The molecule has 0 fully saturated rings. The predicted octanol–water partition coefficient (Wildman–Crippen LogP) is 2.25. The Bertz CT molecular complexity index is 535. The summed E-state index contributed by atoms with van der Waals surface area (Å²) in [4.78, 5) is 12.6. The summed E-state index contributed by atoms with van der Waals surface area (Å²) < 4.78 is 6.82. The number of amides is 1. The largest absolute Gasteiger partial charge is 0.447 e. The van der Waals surface area contributed by atoms with Gasteiger partial charge in [-0.3, -0.25) is 4.68 Å². The second kappa shape index (κ2) is 6.04. The quantitative estimate of drug-likeness (QED) is 0.846. The molecule has 0 unspecified atom stereocenters. The number of nitrogens with zero attached hydrogens (tertiary/aromatic N) is 3. The average molecular weight is 259 g/mol. The van der Waals surface area contributed by atoms with E-state index < -0.39 is 0 Å². The Morgan fingerprint density at radius 3 is 2.68 bits per heavy atom. The number of hydrogen-bond donors (Lipinski definition) is 0. The third kappa shape index (κ3) is 3.58. The number of ether oxygens (including phenoxy) is 1. The molecule has 0 aliphatic rings. The molecule has 100 valence electrons. The summed E-state index contributed by atoms with van der Waals surface area (Å²) in [5, 5.41) is 4.25. The SMILES string of the molecule is CN(C)C(=O)OCCn1cc(-c2ccccc2)cn1. The van der Waals surface area contributed by atoms with E-state index in [0.717, 1.165) is 11.1 Å². The zero-order chi connectivity index (χ0) is 13.7. The smallest absolute Gasteiger partial charge is 0.409 e. The van der Waals surface area contributed by atoms with Gasteiger partial charge in [0.2, 0.25) is 0 Å². The fourth-order valence-electron chi connectivity index (χ4n) is 1.62. The first-order chi connectivity index (χ1) is 9.16. The Labute approximate surface area is 112 Å². The fraction of sp³-hybridized carbons (Fsp3) is 0.286. The molecule has 0 N–H and O–H groups in total. The van der Waals surface area contributed by atoms with E-state index in [4.69, 9.17) is 4.74 Å². The first-order valence-corrected chi connectivity index (χ1v) is 6.09. The second-order valence-electron chi connectivity index (χ2n) is 4.37. The van der Waals surface area contributed by atoms with Crippen LogP contribution >= 0.6 is 0 Å². The molecule has 0 aliphatic carbocycles. The van der Waals surface area contributed by atoms with Gasteiger partial charge in [0.15, 0.2) is 0 Å². The van der Waals surface area contributed by atoms with Gasteiger partial charge in [0.25, 0.3) is 0 Å². The standard InChI is InChI=1S/C14H17N3O2/c1-16(2)14(18)19-9-8-17-11-13(10-15-17)12-6-4-3-5-7-12/h3-7,10-11H,8-9H2,1-2H3. The van der Waals surface area contributed by atoms with Crippen LogP contribution in [-0.2, 0) is 11.3 Å². The fourth-order valence-corrected chi connectivity index (χ4v) is 1.62. The van der Waals surface area contributed by atoms with Gasteiger partial charge in [-0.1, -0.05) is 30.3 Å². The molecule has 0 saturated heterocycles. The van der Waals surface area contributed by atoms with Crippen molar-refractivity contribution < 1.29 is 9.53 Å². The third-order valence-corrected chi connectivity index (χ3v) is 2.65. The predicted molar refractivity (Wildman–Crippen MR) is 72.7 cm³/mol. The van der Waals surface area contributed by atoms with E-state index in [1.54, 1.807) is 18.8 Å². The van der Waals surface area contributed by atoms with Crippen LogP contribution in [-0.4, -0.2) is 41.5 Å². The zero-order valence-corrected chi connectivity index (χ0v) is 11.1. The molecular formula is C14H17N3O2. The Morgan fingerprint density at radius 1 is 1.26 bits per heavy atom. The van der Waals surface area contributed by atoms with E-state index in [1.807, 2.05) is 42.7 Å². The van der Waals surface area contributed by atoms with Gasteiger partial charge >= 0.3 is 6.09 Å². The minimum Gasteiger partial charge on any atom is -0.447 e. The molecule has 1 heterocycles. The van der Waals surface area contributed by atoms with Gasteiger partial charge in [-0.05, 0) is 5.56 Å². The number of hydrogen-bond acceptors (Lipinski definition) is 3. The maximum Gasteiger partial charge on any atom is 0.409 e. The number of rotatable bonds is 4. The topological polar surface area (TPSA) is 47.4 Å². The maximum atomic E-state index is 11.2. The minimum absolute atomic E-state index is 0.312. The van der Waals surface area contributed by atoms with E-state index in [-0.39, 0.29) is 6.09 Å². The molecule has 1 amide bonds.